The van der Waals surface area contributed by atoms with Crippen LogP contribution in [0.3, 0.4) is 0 Å². The minimum Gasteiger partial charge on any atom is -0.501 e. The van der Waals surface area contributed by atoms with Gasteiger partial charge in [0, 0.05) is 5.57 Å². The second-order valence-electron chi connectivity index (χ2n) is 2.89. The van der Waals surface area contributed by atoms with Crippen LogP contribution in [-0.4, -0.2) is 7.11 Å². The first-order valence-corrected chi connectivity index (χ1v) is 4.32. The van der Waals surface area contributed by atoms with Crippen LogP contribution in [0, 0.1) is 5.82 Å². The van der Waals surface area contributed by atoms with Crippen LogP contribution in [0.4, 0.5) is 4.39 Å². The lowest BCUT2D eigenvalue weighted by molar-refractivity contribution is 0.296. The second-order valence-corrected chi connectivity index (χ2v) is 2.89. The summed E-state index contributed by atoms with van der Waals surface area (Å²) in [6, 6.07) is 6.24. The zero-order valence-electron chi connectivity index (χ0n) is 8.38. The van der Waals surface area contributed by atoms with Crippen LogP contribution in [0.15, 0.2) is 42.7 Å². The van der Waals surface area contributed by atoms with Gasteiger partial charge in [0.05, 0.1) is 7.11 Å². The second kappa shape index (κ2) is 4.61. The van der Waals surface area contributed by atoms with Gasteiger partial charge in [-0.1, -0.05) is 24.8 Å². The van der Waals surface area contributed by atoms with Gasteiger partial charge in [-0.25, -0.2) is 4.39 Å². The molecular formula is C12H13FO. The molecule has 0 bridgehead atoms. The van der Waals surface area contributed by atoms with E-state index in [4.69, 9.17) is 4.74 Å². The van der Waals surface area contributed by atoms with Crippen LogP contribution in [0.1, 0.15) is 12.5 Å². The van der Waals surface area contributed by atoms with Gasteiger partial charge in [0.2, 0.25) is 0 Å². The van der Waals surface area contributed by atoms with Gasteiger partial charge in [-0.15, -0.1) is 0 Å². The minimum absolute atomic E-state index is 0.243. The molecule has 0 spiro atoms. The highest BCUT2D eigenvalue weighted by Gasteiger charge is 2.02. The van der Waals surface area contributed by atoms with E-state index in [1.165, 1.54) is 12.1 Å². The summed E-state index contributed by atoms with van der Waals surface area (Å²) in [4.78, 5) is 0. The molecule has 0 aliphatic heterocycles. The van der Waals surface area contributed by atoms with Gasteiger partial charge in [0.15, 0.2) is 0 Å². The third-order valence-electron chi connectivity index (χ3n) is 2.04. The number of rotatable bonds is 3. The molecule has 1 rings (SSSR count). The van der Waals surface area contributed by atoms with Gasteiger partial charge < -0.3 is 4.74 Å². The predicted molar refractivity (Wildman–Crippen MR) is 56.2 cm³/mol. The van der Waals surface area contributed by atoms with E-state index in [2.05, 4.69) is 6.58 Å². The Labute approximate surface area is 83.5 Å². The van der Waals surface area contributed by atoms with Crippen molar-refractivity contribution in [2.24, 2.45) is 0 Å². The van der Waals surface area contributed by atoms with Crippen molar-refractivity contribution in [3.05, 3.63) is 54.1 Å². The number of hydrogen-bond donors (Lipinski definition) is 0. The summed E-state index contributed by atoms with van der Waals surface area (Å²) >= 11 is 0. The summed E-state index contributed by atoms with van der Waals surface area (Å²) in [7, 11) is 1.60. The maximum Gasteiger partial charge on any atom is 0.123 e. The van der Waals surface area contributed by atoms with Crippen LogP contribution in [-0.2, 0) is 4.74 Å². The number of halogens is 1. The molecule has 0 atom stereocenters. The van der Waals surface area contributed by atoms with Gasteiger partial charge >= 0.3 is 0 Å². The molecule has 0 saturated heterocycles. The Morgan fingerprint density at radius 2 is 1.93 bits per heavy atom. The molecule has 0 heterocycles. The fourth-order valence-electron chi connectivity index (χ4n) is 1.20. The van der Waals surface area contributed by atoms with Crippen molar-refractivity contribution < 1.29 is 9.13 Å². The lowest BCUT2D eigenvalue weighted by Crippen LogP contribution is -1.88. The molecule has 1 aromatic rings. The van der Waals surface area contributed by atoms with Crippen LogP contribution in [0.5, 0.6) is 0 Å². The number of benzene rings is 1. The molecule has 1 aromatic carbocycles. The summed E-state index contributed by atoms with van der Waals surface area (Å²) in [6.07, 6.45) is 1.70. The molecule has 0 unspecified atom stereocenters. The number of allylic oxidation sites excluding steroid dienone is 3. The minimum atomic E-state index is -0.243. The van der Waals surface area contributed by atoms with Gasteiger partial charge in [0.25, 0.3) is 0 Å². The monoisotopic (exact) mass is 192 g/mol. The number of methoxy groups -OCH3 is 1. The van der Waals surface area contributed by atoms with Crippen molar-refractivity contribution in [1.82, 2.24) is 0 Å². The Hall–Kier alpha value is -1.57. The summed E-state index contributed by atoms with van der Waals surface area (Å²) in [5.41, 5.74) is 1.79. The number of ether oxygens (including phenoxy) is 1. The zero-order chi connectivity index (χ0) is 10.6. The van der Waals surface area contributed by atoms with Gasteiger partial charge in [-0.2, -0.15) is 0 Å². The van der Waals surface area contributed by atoms with Gasteiger partial charge in [-0.05, 0) is 24.6 Å². The third-order valence-corrected chi connectivity index (χ3v) is 2.04. The molecule has 1 nitrogen and oxygen atoms in total. The molecule has 0 aliphatic rings. The average Bonchev–Trinajstić information content (AvgIpc) is 2.21. The Morgan fingerprint density at radius 1 is 1.36 bits per heavy atom. The predicted octanol–water partition coefficient (Wildman–Crippen LogP) is 3.39. The normalized spacial score (nSPS) is 11.9. The number of hydrogen-bond acceptors (Lipinski definition) is 1. The summed E-state index contributed by atoms with van der Waals surface area (Å²) in [5, 5.41) is 0. The standard InChI is InChI=1S/C12H13FO/c1-4-12(9(2)14-3)10-5-7-11(13)8-6-10/h4-8H,1H2,2-3H3/b12-9-. The van der Waals surface area contributed by atoms with E-state index in [9.17, 15) is 4.39 Å². The molecule has 0 fully saturated rings. The van der Waals surface area contributed by atoms with Crippen molar-refractivity contribution >= 4 is 5.57 Å². The van der Waals surface area contributed by atoms with Crippen molar-refractivity contribution in [3.63, 3.8) is 0 Å². The maximum absolute atomic E-state index is 12.7. The first-order valence-electron chi connectivity index (χ1n) is 4.32. The molecule has 0 radical (unpaired) electrons. The quantitative estimate of drug-likeness (QED) is 0.527. The smallest absolute Gasteiger partial charge is 0.123 e. The van der Waals surface area contributed by atoms with Crippen molar-refractivity contribution in [3.8, 4) is 0 Å². The van der Waals surface area contributed by atoms with Gasteiger partial charge in [0.1, 0.15) is 11.6 Å². The first-order chi connectivity index (χ1) is 6.69. The summed E-state index contributed by atoms with van der Waals surface area (Å²) in [6.45, 7) is 5.54. The van der Waals surface area contributed by atoms with Crippen molar-refractivity contribution in [2.45, 2.75) is 6.92 Å². The van der Waals surface area contributed by atoms with E-state index in [1.807, 2.05) is 6.92 Å². The Balaban J connectivity index is 3.14. The molecule has 14 heavy (non-hydrogen) atoms. The highest BCUT2D eigenvalue weighted by molar-refractivity contribution is 5.74. The third kappa shape index (κ3) is 2.22. The topological polar surface area (TPSA) is 9.23 Å². The lowest BCUT2D eigenvalue weighted by Gasteiger charge is -2.07. The van der Waals surface area contributed by atoms with E-state index in [0.29, 0.717) is 0 Å². The molecular weight excluding hydrogens is 179 g/mol. The van der Waals surface area contributed by atoms with Crippen LogP contribution < -0.4 is 0 Å². The average molecular weight is 192 g/mol. The molecule has 2 heteroatoms. The van der Waals surface area contributed by atoms with Gasteiger partial charge in [-0.3, -0.25) is 0 Å². The lowest BCUT2D eigenvalue weighted by atomic mass is 10.1. The Kier molecular flexibility index (Phi) is 3.46. The van der Waals surface area contributed by atoms with E-state index in [0.717, 1.165) is 16.9 Å². The summed E-state index contributed by atoms with van der Waals surface area (Å²) in [5.74, 6) is 0.527. The zero-order valence-corrected chi connectivity index (χ0v) is 8.38. The molecule has 0 saturated carbocycles. The molecule has 0 amide bonds. The summed E-state index contributed by atoms with van der Waals surface area (Å²) < 4.78 is 17.8. The van der Waals surface area contributed by atoms with Crippen molar-refractivity contribution in [2.75, 3.05) is 7.11 Å². The molecule has 74 valence electrons. The Morgan fingerprint density at radius 3 is 2.36 bits per heavy atom. The molecule has 0 aliphatic carbocycles. The largest absolute Gasteiger partial charge is 0.501 e. The fourth-order valence-corrected chi connectivity index (χ4v) is 1.20. The van der Waals surface area contributed by atoms with E-state index < -0.39 is 0 Å². The SMILES string of the molecule is C=C/C(=C(\C)OC)c1ccc(F)cc1. The van der Waals surface area contributed by atoms with Crippen molar-refractivity contribution in [1.29, 1.82) is 0 Å². The highest BCUT2D eigenvalue weighted by atomic mass is 19.1. The fraction of sp³-hybridized carbons (Fsp3) is 0.167. The molecule has 0 N–H and O–H groups in total. The van der Waals surface area contributed by atoms with E-state index >= 15 is 0 Å². The van der Waals surface area contributed by atoms with Crippen LogP contribution >= 0.6 is 0 Å². The highest BCUT2D eigenvalue weighted by Crippen LogP contribution is 2.20. The van der Waals surface area contributed by atoms with E-state index in [-0.39, 0.29) is 5.82 Å². The van der Waals surface area contributed by atoms with Crippen LogP contribution in [0.2, 0.25) is 0 Å². The Bertz CT molecular complexity index is 349. The van der Waals surface area contributed by atoms with Crippen LogP contribution in [0.25, 0.3) is 5.57 Å². The first kappa shape index (κ1) is 10.5. The maximum atomic E-state index is 12.7. The molecule has 0 aromatic heterocycles. The van der Waals surface area contributed by atoms with E-state index in [1.54, 1.807) is 25.3 Å².